The van der Waals surface area contributed by atoms with Crippen LogP contribution in [-0.2, 0) is 0 Å². The summed E-state index contributed by atoms with van der Waals surface area (Å²) in [6, 6.07) is 0. The molecule has 0 amide bonds. The number of hydrogen-bond acceptors (Lipinski definition) is 0. The van der Waals surface area contributed by atoms with Gasteiger partial charge in [0.2, 0.25) is 0 Å². The molecule has 0 saturated carbocycles. The van der Waals surface area contributed by atoms with Gasteiger partial charge in [0.05, 0.1) is 0 Å². The minimum Gasteiger partial charge on any atom is -0.242 e. The molecule has 0 aromatic carbocycles. The molecule has 0 radical (unpaired) electrons. The summed E-state index contributed by atoms with van der Waals surface area (Å²) in [5.74, 6) is 0.0637. The summed E-state index contributed by atoms with van der Waals surface area (Å²) >= 11 is 0. The Balaban J connectivity index is 2.36. The largest absolute Gasteiger partial charge is 0.242 e. The summed E-state index contributed by atoms with van der Waals surface area (Å²) < 4.78 is 13.1. The van der Waals surface area contributed by atoms with Crippen LogP contribution in [0.15, 0.2) is 35.5 Å². The second-order valence-electron chi connectivity index (χ2n) is 3.18. The third-order valence-corrected chi connectivity index (χ3v) is 2.46. The van der Waals surface area contributed by atoms with Gasteiger partial charge in [-0.25, -0.2) is 4.39 Å². The molecule has 1 heteroatoms. The highest BCUT2D eigenvalue weighted by Crippen LogP contribution is 2.33. The van der Waals surface area contributed by atoms with Gasteiger partial charge in [-0.05, 0) is 23.6 Å². The molecule has 2 rings (SSSR count). The summed E-state index contributed by atoms with van der Waals surface area (Å²) in [6.07, 6.45) is 7.94. The standard InChI is InChI=1S/C10H11F/c1-7-9-4-2-3-8(9)5-6-10(7)11/h2,4-7,10H,3H2,1H3. The van der Waals surface area contributed by atoms with Crippen molar-refractivity contribution in [1.82, 2.24) is 0 Å². The number of allylic oxidation sites excluding steroid dienone is 6. The molecule has 0 heterocycles. The van der Waals surface area contributed by atoms with Gasteiger partial charge in [0.1, 0.15) is 6.17 Å². The number of halogens is 1. The van der Waals surface area contributed by atoms with Crippen molar-refractivity contribution in [2.75, 3.05) is 0 Å². The number of alkyl halides is 1. The Labute approximate surface area is 66.1 Å². The van der Waals surface area contributed by atoms with Crippen LogP contribution in [0.25, 0.3) is 0 Å². The Hall–Kier alpha value is -0.850. The summed E-state index contributed by atoms with van der Waals surface area (Å²) in [5, 5.41) is 0. The highest BCUT2D eigenvalue weighted by atomic mass is 19.1. The topological polar surface area (TPSA) is 0 Å². The molecule has 0 saturated heterocycles. The first-order valence-electron chi connectivity index (χ1n) is 4.01. The van der Waals surface area contributed by atoms with Crippen molar-refractivity contribution in [1.29, 1.82) is 0 Å². The van der Waals surface area contributed by atoms with Crippen molar-refractivity contribution < 1.29 is 4.39 Å². The lowest BCUT2D eigenvalue weighted by atomic mass is 9.89. The predicted octanol–water partition coefficient (Wildman–Crippen LogP) is 2.79. The second kappa shape index (κ2) is 2.33. The first-order valence-corrected chi connectivity index (χ1v) is 4.01. The van der Waals surface area contributed by atoms with Crippen LogP contribution in [0.4, 0.5) is 4.39 Å². The van der Waals surface area contributed by atoms with Crippen molar-refractivity contribution in [3.8, 4) is 0 Å². The molecule has 2 atom stereocenters. The van der Waals surface area contributed by atoms with Crippen molar-refractivity contribution in [3.63, 3.8) is 0 Å². The molecule has 0 N–H and O–H groups in total. The van der Waals surface area contributed by atoms with Crippen molar-refractivity contribution in [2.45, 2.75) is 19.5 Å². The maximum Gasteiger partial charge on any atom is 0.125 e. The predicted molar refractivity (Wildman–Crippen MR) is 44.0 cm³/mol. The van der Waals surface area contributed by atoms with Gasteiger partial charge in [-0.2, -0.15) is 0 Å². The zero-order valence-electron chi connectivity index (χ0n) is 6.55. The van der Waals surface area contributed by atoms with Crippen LogP contribution in [0.2, 0.25) is 0 Å². The van der Waals surface area contributed by atoms with Gasteiger partial charge in [0.15, 0.2) is 0 Å². The van der Waals surface area contributed by atoms with Crippen LogP contribution >= 0.6 is 0 Å². The van der Waals surface area contributed by atoms with E-state index in [1.54, 1.807) is 6.08 Å². The van der Waals surface area contributed by atoms with E-state index in [9.17, 15) is 4.39 Å². The van der Waals surface area contributed by atoms with E-state index < -0.39 is 6.17 Å². The van der Waals surface area contributed by atoms with Crippen molar-refractivity contribution in [3.05, 3.63) is 35.5 Å². The molecule has 0 aliphatic heterocycles. The lowest BCUT2D eigenvalue weighted by molar-refractivity contribution is 0.325. The average Bonchev–Trinajstić information content (AvgIpc) is 2.45. The fourth-order valence-electron chi connectivity index (χ4n) is 1.69. The van der Waals surface area contributed by atoms with E-state index in [1.165, 1.54) is 11.1 Å². The average molecular weight is 150 g/mol. The maximum absolute atomic E-state index is 13.1. The van der Waals surface area contributed by atoms with E-state index in [1.807, 2.05) is 13.0 Å². The van der Waals surface area contributed by atoms with E-state index in [4.69, 9.17) is 0 Å². The quantitative estimate of drug-likeness (QED) is 0.498. The van der Waals surface area contributed by atoms with Crippen molar-refractivity contribution >= 4 is 0 Å². The maximum atomic E-state index is 13.1. The molecule has 2 unspecified atom stereocenters. The van der Waals surface area contributed by atoms with Gasteiger partial charge >= 0.3 is 0 Å². The van der Waals surface area contributed by atoms with Gasteiger partial charge < -0.3 is 0 Å². The summed E-state index contributed by atoms with van der Waals surface area (Å²) in [7, 11) is 0. The van der Waals surface area contributed by atoms with E-state index in [0.717, 1.165) is 6.42 Å². The van der Waals surface area contributed by atoms with E-state index >= 15 is 0 Å². The smallest absolute Gasteiger partial charge is 0.125 e. The molecule has 0 fully saturated rings. The van der Waals surface area contributed by atoms with E-state index in [0.29, 0.717) is 0 Å². The second-order valence-corrected chi connectivity index (χ2v) is 3.18. The first-order chi connectivity index (χ1) is 5.29. The molecule has 2 aliphatic rings. The van der Waals surface area contributed by atoms with Gasteiger partial charge in [-0.1, -0.05) is 25.2 Å². The molecular weight excluding hydrogens is 139 g/mol. The van der Waals surface area contributed by atoms with Gasteiger partial charge in [0.25, 0.3) is 0 Å². The SMILES string of the molecule is CC1C2=C(C=CC1F)CC=C2. The molecule has 0 aromatic rings. The summed E-state index contributed by atoms with van der Waals surface area (Å²) in [6.45, 7) is 1.94. The number of hydrogen-bond donors (Lipinski definition) is 0. The molecule has 11 heavy (non-hydrogen) atoms. The monoisotopic (exact) mass is 150 g/mol. The minimum atomic E-state index is -0.781. The first kappa shape index (κ1) is 6.84. The Morgan fingerprint density at radius 2 is 2.27 bits per heavy atom. The minimum absolute atomic E-state index is 0.0637. The van der Waals surface area contributed by atoms with Gasteiger partial charge in [0, 0.05) is 5.92 Å². The summed E-state index contributed by atoms with van der Waals surface area (Å²) in [4.78, 5) is 0. The zero-order valence-corrected chi connectivity index (χ0v) is 6.55. The Morgan fingerprint density at radius 3 is 3.09 bits per heavy atom. The molecular formula is C10H11F. The number of rotatable bonds is 0. The van der Waals surface area contributed by atoms with Gasteiger partial charge in [-0.15, -0.1) is 0 Å². The lowest BCUT2D eigenvalue weighted by Crippen LogP contribution is -2.15. The fraction of sp³-hybridized carbons (Fsp3) is 0.400. The Bertz CT molecular complexity index is 258. The van der Waals surface area contributed by atoms with E-state index in [-0.39, 0.29) is 5.92 Å². The van der Waals surface area contributed by atoms with E-state index in [2.05, 4.69) is 12.2 Å². The molecule has 0 nitrogen and oxygen atoms in total. The molecule has 2 aliphatic carbocycles. The Kier molecular flexibility index (Phi) is 1.45. The van der Waals surface area contributed by atoms with Crippen LogP contribution in [-0.4, -0.2) is 6.17 Å². The van der Waals surface area contributed by atoms with Crippen LogP contribution in [0.3, 0.4) is 0 Å². The van der Waals surface area contributed by atoms with Crippen LogP contribution in [0.5, 0.6) is 0 Å². The molecule has 58 valence electrons. The van der Waals surface area contributed by atoms with Crippen LogP contribution < -0.4 is 0 Å². The molecule has 0 aromatic heterocycles. The fourth-order valence-corrected chi connectivity index (χ4v) is 1.69. The molecule has 0 bridgehead atoms. The zero-order chi connectivity index (χ0) is 7.84. The van der Waals surface area contributed by atoms with Gasteiger partial charge in [-0.3, -0.25) is 0 Å². The third-order valence-electron chi connectivity index (χ3n) is 2.46. The van der Waals surface area contributed by atoms with Crippen molar-refractivity contribution in [2.24, 2.45) is 5.92 Å². The lowest BCUT2D eigenvalue weighted by Gasteiger charge is -2.19. The van der Waals surface area contributed by atoms with Crippen LogP contribution in [0, 0.1) is 5.92 Å². The van der Waals surface area contributed by atoms with Crippen LogP contribution in [0.1, 0.15) is 13.3 Å². The Morgan fingerprint density at radius 1 is 1.45 bits per heavy atom. The summed E-state index contributed by atoms with van der Waals surface area (Å²) in [5.41, 5.74) is 2.49. The normalized spacial score (nSPS) is 34.7. The highest BCUT2D eigenvalue weighted by Gasteiger charge is 2.23. The third kappa shape index (κ3) is 0.953. The molecule has 0 spiro atoms. The highest BCUT2D eigenvalue weighted by molar-refractivity contribution is 5.45.